The number of hydrogen-bond donors (Lipinski definition) is 1. The molecule has 1 aromatic heterocycles. The van der Waals surface area contributed by atoms with Gasteiger partial charge in [-0.05, 0) is 24.7 Å². The van der Waals surface area contributed by atoms with Crippen molar-refractivity contribution in [1.29, 1.82) is 0 Å². The Balaban J connectivity index is 1.88. The van der Waals surface area contributed by atoms with Crippen LogP contribution in [0.1, 0.15) is 32.6 Å². The number of aromatic nitrogens is 2. The van der Waals surface area contributed by atoms with Gasteiger partial charge >= 0.3 is 0 Å². The van der Waals surface area contributed by atoms with E-state index in [1.54, 1.807) is 6.07 Å². The van der Waals surface area contributed by atoms with Crippen molar-refractivity contribution < 1.29 is 10.0 Å². The summed E-state index contributed by atoms with van der Waals surface area (Å²) in [4.78, 5) is 4.67. The largest absolute Gasteiger partial charge is 0.270 e. The third kappa shape index (κ3) is 3.20. The lowest BCUT2D eigenvalue weighted by atomic mass is 9.83. The Hall–Kier alpha value is -1.07. The molecule has 0 aliphatic heterocycles. The molecule has 5 heteroatoms. The van der Waals surface area contributed by atoms with Crippen molar-refractivity contribution in [3.63, 3.8) is 0 Å². The molecule has 1 fully saturated rings. The zero-order valence-electron chi connectivity index (χ0n) is 10.5. The molecule has 0 bridgehead atoms. The number of anilines is 1. The molecule has 2 rings (SSSR count). The van der Waals surface area contributed by atoms with Crippen molar-refractivity contribution >= 4 is 5.82 Å². The smallest absolute Gasteiger partial charge is 0.204 e. The summed E-state index contributed by atoms with van der Waals surface area (Å²) in [6.45, 7) is 3.26. The van der Waals surface area contributed by atoms with Gasteiger partial charge in [0, 0.05) is 18.8 Å². The van der Waals surface area contributed by atoms with Gasteiger partial charge in [-0.2, -0.15) is 5.10 Å². The predicted molar refractivity (Wildman–Crippen MR) is 64.6 cm³/mol. The molecule has 1 aliphatic rings. The molecule has 1 aromatic rings. The van der Waals surface area contributed by atoms with Gasteiger partial charge in [0.25, 0.3) is 0 Å². The molecule has 5 nitrogen and oxygen atoms in total. The summed E-state index contributed by atoms with van der Waals surface area (Å²) < 4.78 is 1.89. The summed E-state index contributed by atoms with van der Waals surface area (Å²) in [5.41, 5.74) is 0. The molecule has 1 saturated carbocycles. The average Bonchev–Trinajstić information content (AvgIpc) is 2.80. The van der Waals surface area contributed by atoms with Crippen molar-refractivity contribution in [3.05, 3.63) is 12.3 Å². The highest BCUT2D eigenvalue weighted by Crippen LogP contribution is 2.29. The highest BCUT2D eigenvalue weighted by molar-refractivity contribution is 5.29. The summed E-state index contributed by atoms with van der Waals surface area (Å²) in [6.07, 6.45) is 7.09. The highest BCUT2D eigenvalue weighted by atomic mass is 16.9. The first-order chi connectivity index (χ1) is 8.19. The van der Waals surface area contributed by atoms with Gasteiger partial charge in [-0.15, -0.1) is 5.23 Å². The first-order valence-electron chi connectivity index (χ1n) is 6.25. The lowest BCUT2D eigenvalue weighted by Gasteiger charge is -2.25. The van der Waals surface area contributed by atoms with E-state index >= 15 is 0 Å². The van der Waals surface area contributed by atoms with Crippen LogP contribution in [0.3, 0.4) is 0 Å². The fourth-order valence-electron chi connectivity index (χ4n) is 2.42. The Morgan fingerprint density at radius 1 is 1.47 bits per heavy atom. The van der Waals surface area contributed by atoms with Crippen LogP contribution in [0.4, 0.5) is 5.82 Å². The van der Waals surface area contributed by atoms with Gasteiger partial charge in [0.05, 0.1) is 7.11 Å². The molecular formula is C12H21N3O2. The van der Waals surface area contributed by atoms with Crippen LogP contribution >= 0.6 is 0 Å². The van der Waals surface area contributed by atoms with Gasteiger partial charge in [0.2, 0.25) is 5.82 Å². The van der Waals surface area contributed by atoms with E-state index in [0.29, 0.717) is 17.0 Å². The topological polar surface area (TPSA) is 50.5 Å². The van der Waals surface area contributed by atoms with Crippen molar-refractivity contribution in [1.82, 2.24) is 9.78 Å². The maximum atomic E-state index is 9.32. The van der Waals surface area contributed by atoms with E-state index in [1.807, 2.05) is 10.9 Å². The van der Waals surface area contributed by atoms with Gasteiger partial charge < -0.3 is 0 Å². The van der Waals surface area contributed by atoms with Crippen LogP contribution in [0.25, 0.3) is 0 Å². The second-order valence-electron chi connectivity index (χ2n) is 4.98. The Morgan fingerprint density at radius 3 is 2.82 bits per heavy atom. The molecule has 96 valence electrons. The lowest BCUT2D eigenvalue weighted by molar-refractivity contribution is -0.0133. The number of rotatable bonds is 4. The minimum atomic E-state index is 0.427. The standard InChI is InChI=1S/C12H21N3O2/c1-10-3-5-11(6-4-10)9-14-8-7-12(13-14)15(16)17-2/h7-8,10-11,16H,3-6,9H2,1-2H3. The summed E-state index contributed by atoms with van der Waals surface area (Å²) in [5.74, 6) is 2.02. The minimum Gasteiger partial charge on any atom is -0.270 e. The summed E-state index contributed by atoms with van der Waals surface area (Å²) in [7, 11) is 1.40. The van der Waals surface area contributed by atoms with Crippen LogP contribution in [-0.2, 0) is 11.4 Å². The molecule has 0 aromatic carbocycles. The SMILES string of the molecule is CON(O)c1ccn(CC2CCC(C)CC2)n1. The Bertz CT molecular complexity index is 345. The lowest BCUT2D eigenvalue weighted by Crippen LogP contribution is -2.19. The van der Waals surface area contributed by atoms with Gasteiger partial charge in [-0.3, -0.25) is 14.7 Å². The second-order valence-corrected chi connectivity index (χ2v) is 4.98. The van der Waals surface area contributed by atoms with E-state index < -0.39 is 0 Å². The molecular weight excluding hydrogens is 218 g/mol. The Labute approximate surface area is 102 Å². The molecule has 0 amide bonds. The predicted octanol–water partition coefficient (Wildman–Crippen LogP) is 2.47. The van der Waals surface area contributed by atoms with E-state index in [4.69, 9.17) is 0 Å². The van der Waals surface area contributed by atoms with Crippen LogP contribution in [0.15, 0.2) is 12.3 Å². The van der Waals surface area contributed by atoms with Crippen molar-refractivity contribution in [2.45, 2.75) is 39.2 Å². The fraction of sp³-hybridized carbons (Fsp3) is 0.750. The molecule has 0 radical (unpaired) electrons. The van der Waals surface area contributed by atoms with E-state index in [2.05, 4.69) is 16.9 Å². The molecule has 0 unspecified atom stereocenters. The maximum Gasteiger partial charge on any atom is 0.204 e. The van der Waals surface area contributed by atoms with E-state index in [0.717, 1.165) is 12.5 Å². The maximum absolute atomic E-state index is 9.32. The zero-order chi connectivity index (χ0) is 12.3. The third-order valence-corrected chi connectivity index (χ3v) is 3.58. The van der Waals surface area contributed by atoms with Crippen LogP contribution in [0.2, 0.25) is 0 Å². The zero-order valence-corrected chi connectivity index (χ0v) is 10.5. The third-order valence-electron chi connectivity index (χ3n) is 3.58. The molecule has 1 N–H and O–H groups in total. The molecule has 1 heterocycles. The van der Waals surface area contributed by atoms with Crippen molar-refractivity contribution in [2.75, 3.05) is 12.3 Å². The summed E-state index contributed by atoms with van der Waals surface area (Å²) in [5, 5.41) is 14.3. The van der Waals surface area contributed by atoms with Gasteiger partial charge in [0.15, 0.2) is 0 Å². The van der Waals surface area contributed by atoms with Crippen LogP contribution < -0.4 is 5.23 Å². The fourth-order valence-corrected chi connectivity index (χ4v) is 2.42. The first kappa shape index (κ1) is 12.4. The second kappa shape index (κ2) is 5.51. The van der Waals surface area contributed by atoms with Gasteiger partial charge in [-0.25, -0.2) is 0 Å². The Kier molecular flexibility index (Phi) is 4.02. The van der Waals surface area contributed by atoms with E-state index in [9.17, 15) is 5.21 Å². The van der Waals surface area contributed by atoms with Gasteiger partial charge in [0.1, 0.15) is 0 Å². The molecule has 1 aliphatic carbocycles. The van der Waals surface area contributed by atoms with E-state index in [1.165, 1.54) is 32.8 Å². The molecule has 0 saturated heterocycles. The monoisotopic (exact) mass is 239 g/mol. The molecule has 0 spiro atoms. The van der Waals surface area contributed by atoms with Gasteiger partial charge in [-0.1, -0.05) is 19.8 Å². The van der Waals surface area contributed by atoms with E-state index in [-0.39, 0.29) is 0 Å². The highest BCUT2D eigenvalue weighted by Gasteiger charge is 2.19. The normalized spacial score (nSPS) is 24.9. The average molecular weight is 239 g/mol. The van der Waals surface area contributed by atoms with Crippen molar-refractivity contribution in [2.24, 2.45) is 11.8 Å². The summed E-state index contributed by atoms with van der Waals surface area (Å²) in [6, 6.07) is 1.74. The van der Waals surface area contributed by atoms with Crippen LogP contribution in [0, 0.1) is 11.8 Å². The summed E-state index contributed by atoms with van der Waals surface area (Å²) >= 11 is 0. The van der Waals surface area contributed by atoms with Crippen LogP contribution in [0.5, 0.6) is 0 Å². The first-order valence-corrected chi connectivity index (χ1v) is 6.25. The van der Waals surface area contributed by atoms with Crippen molar-refractivity contribution in [3.8, 4) is 0 Å². The minimum absolute atomic E-state index is 0.427. The molecule has 0 atom stereocenters. The van der Waals surface area contributed by atoms with Crippen LogP contribution in [-0.4, -0.2) is 22.1 Å². The number of hydrogen-bond acceptors (Lipinski definition) is 4. The quantitative estimate of drug-likeness (QED) is 0.820. The number of nitrogens with zero attached hydrogens (tertiary/aromatic N) is 3. The molecule has 17 heavy (non-hydrogen) atoms. The Morgan fingerprint density at radius 2 is 2.18 bits per heavy atom.